The first kappa shape index (κ1) is 48.8. The topological polar surface area (TPSA) is 17.1 Å². The molecule has 0 aromatic carbocycles. The number of carbonyl (C=O) groups excluding carboxylic acids is 1. The van der Waals surface area contributed by atoms with Crippen LogP contribution < -0.4 is 95.9 Å². The van der Waals surface area contributed by atoms with Crippen LogP contribution in [0.3, 0.4) is 0 Å². The minimum Gasteiger partial charge on any atom is -1.00 e. The van der Waals surface area contributed by atoms with Gasteiger partial charge in [-0.1, -0.05) is 0 Å². The van der Waals surface area contributed by atoms with Gasteiger partial charge in [0.15, 0.2) is 0 Å². The van der Waals surface area contributed by atoms with Crippen LogP contribution in [-0.2, 0) is 24.3 Å². The van der Waals surface area contributed by atoms with Crippen molar-refractivity contribution >= 4 is 6.79 Å². The monoisotopic (exact) mass is 640 g/mol. The largest absolute Gasteiger partial charge is 4.00 e. The van der Waals surface area contributed by atoms with Gasteiger partial charge in [-0.3, -0.25) is 0 Å². The summed E-state index contributed by atoms with van der Waals surface area (Å²) in [6.07, 6.45) is 0. The van der Waals surface area contributed by atoms with Crippen LogP contribution in [0.25, 0.3) is 0 Å². The maximum Gasteiger partial charge on any atom is 4.00 e. The van der Waals surface area contributed by atoms with E-state index in [2.05, 4.69) is 0 Å². The van der Waals surface area contributed by atoms with Crippen LogP contribution in [0.1, 0.15) is 0 Å². The van der Waals surface area contributed by atoms with Crippen LogP contribution in [0.15, 0.2) is 0 Å². The number of carbonyl (C=O) groups is 1. The average Bonchev–Trinajstić information content (AvgIpc) is 1.00. The van der Waals surface area contributed by atoms with E-state index in [4.69, 9.17) is 4.79 Å². The molecule has 1 nitrogen and oxygen atoms in total. The minimum absolute atomic E-state index is 0. The first-order chi connectivity index (χ1) is 1.00. The summed E-state index contributed by atoms with van der Waals surface area (Å²) in [7, 11) is 0. The van der Waals surface area contributed by atoms with E-state index in [0.717, 1.165) is 0 Å². The van der Waals surface area contributed by atoms with E-state index in [9.17, 15) is 0 Å². The average molecular weight is 639 g/mol. The Kier molecular flexibility index (Phi) is 420. The molecule has 0 amide bonds. The molecular formula is CH2I4ORu. The summed E-state index contributed by atoms with van der Waals surface area (Å²) in [4.78, 5) is 8.00. The predicted molar refractivity (Wildman–Crippen MR) is 7.12 cm³/mol. The van der Waals surface area contributed by atoms with E-state index in [1.165, 1.54) is 0 Å². The fourth-order valence-corrected chi connectivity index (χ4v) is 0. The van der Waals surface area contributed by atoms with Crippen molar-refractivity contribution in [3.8, 4) is 0 Å². The molecule has 0 heterocycles. The molecule has 0 rings (SSSR count). The van der Waals surface area contributed by atoms with Crippen LogP contribution >= 0.6 is 0 Å². The van der Waals surface area contributed by atoms with Gasteiger partial charge in [-0.05, 0) is 0 Å². The van der Waals surface area contributed by atoms with Crippen molar-refractivity contribution in [1.29, 1.82) is 0 Å². The zero-order valence-corrected chi connectivity index (χ0v) is 13.3. The third-order valence-corrected chi connectivity index (χ3v) is 0. The van der Waals surface area contributed by atoms with Crippen LogP contribution in [-0.4, -0.2) is 6.79 Å². The Morgan fingerprint density at radius 3 is 0.714 bits per heavy atom. The molecule has 0 N–H and O–H groups in total. The Labute approximate surface area is 124 Å². The van der Waals surface area contributed by atoms with Crippen molar-refractivity contribution in [3.63, 3.8) is 0 Å². The molecule has 0 atom stereocenters. The third kappa shape index (κ3) is 46.4. The van der Waals surface area contributed by atoms with Gasteiger partial charge in [-0.2, -0.15) is 0 Å². The van der Waals surface area contributed by atoms with E-state index < -0.39 is 0 Å². The first-order valence-corrected chi connectivity index (χ1v) is 0.289. The van der Waals surface area contributed by atoms with Crippen molar-refractivity contribution in [3.05, 3.63) is 0 Å². The van der Waals surface area contributed by atoms with E-state index in [1.54, 1.807) is 0 Å². The maximum absolute atomic E-state index is 8.00. The molecule has 48 valence electrons. The minimum atomic E-state index is 0. The molecule has 7 heavy (non-hydrogen) atoms. The van der Waals surface area contributed by atoms with Crippen LogP contribution in [0, 0.1) is 0 Å². The van der Waals surface area contributed by atoms with Crippen molar-refractivity contribution in [1.82, 2.24) is 0 Å². The molecule has 0 fully saturated rings. The maximum atomic E-state index is 8.00. The van der Waals surface area contributed by atoms with Crippen LogP contribution in [0.2, 0.25) is 0 Å². The second kappa shape index (κ2) is 60.2. The standard InChI is InChI=1S/CH2O.4HI.Ru/c1-2;;;;;/h1H2;4*1H;/q;;;;;+4/p-4. The Morgan fingerprint density at radius 2 is 0.714 bits per heavy atom. The quantitative estimate of drug-likeness (QED) is 0.191. The molecule has 0 saturated heterocycles. The number of halogens is 4. The van der Waals surface area contributed by atoms with Gasteiger partial charge in [-0.15, -0.1) is 0 Å². The molecule has 0 aliphatic heterocycles. The molecule has 0 radical (unpaired) electrons. The normalized spacial score (nSPS) is 0.571. The zero-order chi connectivity index (χ0) is 2.00. The van der Waals surface area contributed by atoms with Crippen LogP contribution in [0.4, 0.5) is 0 Å². The van der Waals surface area contributed by atoms with Gasteiger partial charge in [0.1, 0.15) is 6.79 Å². The Balaban J connectivity index is -0.000000000500. The molecule has 0 aromatic rings. The molecule has 0 aliphatic rings. The van der Waals surface area contributed by atoms with Gasteiger partial charge >= 0.3 is 19.5 Å². The zero-order valence-electron chi connectivity index (χ0n) is 2.98. The van der Waals surface area contributed by atoms with E-state index in [0.29, 0.717) is 0 Å². The van der Waals surface area contributed by atoms with Gasteiger partial charge in [0.2, 0.25) is 0 Å². The summed E-state index contributed by atoms with van der Waals surface area (Å²) in [5, 5.41) is 0. The summed E-state index contributed by atoms with van der Waals surface area (Å²) >= 11 is 0. The van der Waals surface area contributed by atoms with Gasteiger partial charge in [0.05, 0.1) is 0 Å². The fraction of sp³-hybridized carbons (Fsp3) is 0. The summed E-state index contributed by atoms with van der Waals surface area (Å²) in [6, 6.07) is 0. The van der Waals surface area contributed by atoms with E-state index >= 15 is 0 Å². The van der Waals surface area contributed by atoms with E-state index in [-0.39, 0.29) is 115 Å². The Bertz CT molecular complexity index is 11.7. The Hall–Kier alpha value is 3.21. The molecular weight excluding hydrogens is 637 g/mol. The molecule has 0 saturated carbocycles. The van der Waals surface area contributed by atoms with Crippen molar-refractivity contribution in [2.24, 2.45) is 0 Å². The van der Waals surface area contributed by atoms with Crippen LogP contribution in [0.5, 0.6) is 0 Å². The molecule has 0 bridgehead atoms. The first-order valence-electron chi connectivity index (χ1n) is 0.289. The molecule has 0 spiro atoms. The molecule has 0 aromatic heterocycles. The molecule has 0 aliphatic carbocycles. The SMILES string of the molecule is C=O.[I-].[I-].[I-].[I-].[Ru+4]. The van der Waals surface area contributed by atoms with Gasteiger partial charge in [0.25, 0.3) is 0 Å². The third-order valence-electron chi connectivity index (χ3n) is 0. The summed E-state index contributed by atoms with van der Waals surface area (Å²) in [6.45, 7) is 2.00. The number of rotatable bonds is 0. The summed E-state index contributed by atoms with van der Waals surface area (Å²) in [5.74, 6) is 0. The van der Waals surface area contributed by atoms with Gasteiger partial charge < -0.3 is 101 Å². The fourth-order valence-electron chi connectivity index (χ4n) is 0. The van der Waals surface area contributed by atoms with Crippen molar-refractivity contribution < 1.29 is 120 Å². The molecule has 0 unspecified atom stereocenters. The van der Waals surface area contributed by atoms with Crippen molar-refractivity contribution in [2.45, 2.75) is 0 Å². The van der Waals surface area contributed by atoms with Gasteiger partial charge in [0, 0.05) is 0 Å². The smallest absolute Gasteiger partial charge is 1.00 e. The van der Waals surface area contributed by atoms with Gasteiger partial charge in [-0.25, -0.2) is 0 Å². The predicted octanol–water partition coefficient (Wildman–Crippen LogP) is -12.2. The summed E-state index contributed by atoms with van der Waals surface area (Å²) < 4.78 is 0. The Morgan fingerprint density at radius 1 is 0.714 bits per heavy atom. The second-order valence-corrected chi connectivity index (χ2v) is 0. The summed E-state index contributed by atoms with van der Waals surface area (Å²) in [5.41, 5.74) is 0. The van der Waals surface area contributed by atoms with E-state index in [1.807, 2.05) is 6.79 Å². The van der Waals surface area contributed by atoms with Crippen molar-refractivity contribution in [2.75, 3.05) is 0 Å². The number of hydrogen-bond donors (Lipinski definition) is 0. The second-order valence-electron chi connectivity index (χ2n) is 0. The number of hydrogen-bond acceptors (Lipinski definition) is 1. The molecule has 6 heteroatoms.